The van der Waals surface area contributed by atoms with E-state index < -0.39 is 12.1 Å². The lowest BCUT2D eigenvalue weighted by atomic mass is 10.2. The lowest BCUT2D eigenvalue weighted by Gasteiger charge is -2.35. The number of carboxylic acid groups (broad SMARTS) is 1. The van der Waals surface area contributed by atoms with Gasteiger partial charge in [0.25, 0.3) is 0 Å². The van der Waals surface area contributed by atoms with Gasteiger partial charge in [-0.2, -0.15) is 18.3 Å². The first kappa shape index (κ1) is 25.9. The molecule has 0 amide bonds. The maximum atomic E-state index is 10.6. The minimum atomic E-state index is -5.08. The maximum absolute atomic E-state index is 10.6. The Morgan fingerprint density at radius 2 is 1.76 bits per heavy atom. The molecule has 37 heavy (non-hydrogen) atoms. The number of aryl methyl sites for hydroxylation is 1. The van der Waals surface area contributed by atoms with Crippen LogP contribution in [0.4, 0.5) is 19.0 Å². The summed E-state index contributed by atoms with van der Waals surface area (Å²) in [5.74, 6) is -0.919. The third-order valence-electron chi connectivity index (χ3n) is 5.89. The number of benzene rings is 1. The van der Waals surface area contributed by atoms with Crippen molar-refractivity contribution in [3.8, 4) is 17.0 Å². The van der Waals surface area contributed by atoms with Crippen molar-refractivity contribution in [3.05, 3.63) is 60.8 Å². The van der Waals surface area contributed by atoms with Crippen LogP contribution in [0.2, 0.25) is 0 Å². The number of hydrogen-bond acceptors (Lipinski definition) is 7. The molecule has 1 aromatic carbocycles. The summed E-state index contributed by atoms with van der Waals surface area (Å²) in [6.45, 7) is 4.79. The molecule has 196 valence electrons. The average Bonchev–Trinajstić information content (AvgIpc) is 3.51. The van der Waals surface area contributed by atoms with Gasteiger partial charge in [-0.05, 0) is 17.7 Å². The van der Waals surface area contributed by atoms with E-state index in [2.05, 4.69) is 41.4 Å². The first-order chi connectivity index (χ1) is 17.7. The Balaban J connectivity index is 0.000000405. The van der Waals surface area contributed by atoms with Gasteiger partial charge in [0, 0.05) is 63.9 Å². The van der Waals surface area contributed by atoms with Crippen LogP contribution in [0.1, 0.15) is 5.56 Å². The van der Waals surface area contributed by atoms with Gasteiger partial charge in [0.2, 0.25) is 0 Å². The number of ether oxygens (including phenoxy) is 1. The smallest absolute Gasteiger partial charge is 0.490 e. The molecule has 4 heterocycles. The predicted octanol–water partition coefficient (Wildman–Crippen LogP) is 3.09. The highest BCUT2D eigenvalue weighted by atomic mass is 19.4. The van der Waals surface area contributed by atoms with Crippen molar-refractivity contribution >= 4 is 17.4 Å². The third-order valence-corrected chi connectivity index (χ3v) is 5.89. The predicted molar refractivity (Wildman–Crippen MR) is 129 cm³/mol. The summed E-state index contributed by atoms with van der Waals surface area (Å²) >= 11 is 0. The van der Waals surface area contributed by atoms with Crippen molar-refractivity contribution in [1.82, 2.24) is 29.0 Å². The molecule has 10 nitrogen and oxygen atoms in total. The Morgan fingerprint density at radius 3 is 2.32 bits per heavy atom. The fourth-order valence-electron chi connectivity index (χ4n) is 4.00. The SMILES string of the molecule is COc1ccc(CN2CCN(c3nccn4c(-c5cnn(C)c5)cnc34)CC2)cc1.O=C(O)C(F)(F)F. The molecule has 1 fully saturated rings. The molecule has 0 bridgehead atoms. The normalized spacial score (nSPS) is 14.4. The number of nitrogens with zero attached hydrogens (tertiary/aromatic N) is 7. The van der Waals surface area contributed by atoms with Gasteiger partial charge in [-0.3, -0.25) is 14.0 Å². The second-order valence-electron chi connectivity index (χ2n) is 8.40. The topological polar surface area (TPSA) is 101 Å². The zero-order chi connectivity index (χ0) is 26.6. The molecular formula is C24H26F3N7O3. The second-order valence-corrected chi connectivity index (χ2v) is 8.40. The van der Waals surface area contributed by atoms with E-state index in [1.54, 1.807) is 11.8 Å². The monoisotopic (exact) mass is 517 g/mol. The van der Waals surface area contributed by atoms with Crippen LogP contribution in [0.3, 0.4) is 0 Å². The highest BCUT2D eigenvalue weighted by Crippen LogP contribution is 2.25. The number of aromatic nitrogens is 5. The minimum absolute atomic E-state index is 0.889. The number of imidazole rings is 1. The van der Waals surface area contributed by atoms with E-state index in [1.807, 2.05) is 50.2 Å². The molecule has 0 atom stereocenters. The Labute approximate surface area is 210 Å². The maximum Gasteiger partial charge on any atom is 0.490 e. The number of aliphatic carboxylic acids is 1. The fraction of sp³-hybridized carbons (Fsp3) is 0.333. The lowest BCUT2D eigenvalue weighted by Crippen LogP contribution is -2.46. The van der Waals surface area contributed by atoms with Crippen molar-refractivity contribution in [2.24, 2.45) is 7.05 Å². The number of rotatable bonds is 5. The summed E-state index contributed by atoms with van der Waals surface area (Å²) < 4.78 is 40.9. The first-order valence-electron chi connectivity index (χ1n) is 11.4. The Morgan fingerprint density at radius 1 is 1.08 bits per heavy atom. The number of carbonyl (C=O) groups is 1. The van der Waals surface area contributed by atoms with Gasteiger partial charge in [0.1, 0.15) is 5.75 Å². The summed E-state index contributed by atoms with van der Waals surface area (Å²) in [5.41, 5.74) is 4.27. The molecule has 1 aliphatic heterocycles. The average molecular weight is 518 g/mol. The van der Waals surface area contributed by atoms with Gasteiger partial charge >= 0.3 is 12.1 Å². The molecule has 1 aliphatic rings. The molecule has 3 aromatic heterocycles. The second kappa shape index (κ2) is 10.9. The number of alkyl halides is 3. The Bertz CT molecular complexity index is 1340. The quantitative estimate of drug-likeness (QED) is 0.431. The van der Waals surface area contributed by atoms with Crippen LogP contribution in [-0.4, -0.2) is 79.6 Å². The summed E-state index contributed by atoms with van der Waals surface area (Å²) in [6.07, 6.45) is 4.50. The number of anilines is 1. The number of hydrogen-bond donors (Lipinski definition) is 1. The van der Waals surface area contributed by atoms with E-state index in [0.29, 0.717) is 0 Å². The number of methoxy groups -OCH3 is 1. The molecule has 0 radical (unpaired) electrons. The van der Waals surface area contributed by atoms with E-state index in [0.717, 1.165) is 61.2 Å². The van der Waals surface area contributed by atoms with Gasteiger partial charge < -0.3 is 14.7 Å². The van der Waals surface area contributed by atoms with E-state index in [9.17, 15) is 13.2 Å². The molecule has 0 saturated carbocycles. The van der Waals surface area contributed by atoms with E-state index in [-0.39, 0.29) is 0 Å². The van der Waals surface area contributed by atoms with Crippen molar-refractivity contribution in [3.63, 3.8) is 0 Å². The molecular weight excluding hydrogens is 491 g/mol. The minimum Gasteiger partial charge on any atom is -0.497 e. The van der Waals surface area contributed by atoms with Crippen molar-refractivity contribution < 1.29 is 27.8 Å². The van der Waals surface area contributed by atoms with Crippen LogP contribution < -0.4 is 9.64 Å². The van der Waals surface area contributed by atoms with Crippen LogP contribution in [0.25, 0.3) is 16.9 Å². The van der Waals surface area contributed by atoms with Crippen LogP contribution in [0, 0.1) is 0 Å². The molecule has 0 unspecified atom stereocenters. The number of piperazine rings is 1. The summed E-state index contributed by atoms with van der Waals surface area (Å²) in [6, 6.07) is 8.32. The van der Waals surface area contributed by atoms with Crippen molar-refractivity contribution in [1.29, 1.82) is 0 Å². The molecule has 13 heteroatoms. The largest absolute Gasteiger partial charge is 0.497 e. The van der Waals surface area contributed by atoms with Crippen LogP contribution in [0.15, 0.2) is 55.2 Å². The summed E-state index contributed by atoms with van der Waals surface area (Å²) in [5, 5.41) is 11.4. The van der Waals surface area contributed by atoms with Gasteiger partial charge in [-0.1, -0.05) is 12.1 Å². The highest BCUT2D eigenvalue weighted by molar-refractivity contribution is 5.73. The van der Waals surface area contributed by atoms with Crippen LogP contribution in [0.5, 0.6) is 5.75 Å². The highest BCUT2D eigenvalue weighted by Gasteiger charge is 2.38. The summed E-state index contributed by atoms with van der Waals surface area (Å²) in [4.78, 5) is 23.0. The zero-order valence-electron chi connectivity index (χ0n) is 20.3. The number of carboxylic acids is 1. The standard InChI is InChI=1S/C22H25N7O.C2HF3O2/c1-26-16-18(13-25-26)20-14-24-22-21(23-7-8-29(20)22)28-11-9-27(10-12-28)15-17-3-5-19(30-2)6-4-17;3-2(4,5)1(6)7/h3-8,13-14,16H,9-12,15H2,1-2H3;(H,6,7). The molecule has 1 saturated heterocycles. The van der Waals surface area contributed by atoms with Crippen molar-refractivity contribution in [2.75, 3.05) is 38.2 Å². The summed E-state index contributed by atoms with van der Waals surface area (Å²) in [7, 11) is 3.62. The Kier molecular flexibility index (Phi) is 7.62. The van der Waals surface area contributed by atoms with E-state index in [1.165, 1.54) is 5.56 Å². The molecule has 0 aliphatic carbocycles. The molecule has 5 rings (SSSR count). The van der Waals surface area contributed by atoms with Gasteiger partial charge in [0.05, 0.1) is 25.2 Å². The van der Waals surface area contributed by atoms with E-state index in [4.69, 9.17) is 14.6 Å². The van der Waals surface area contributed by atoms with Gasteiger partial charge in [0.15, 0.2) is 11.5 Å². The number of halogens is 3. The molecule has 1 N–H and O–H groups in total. The van der Waals surface area contributed by atoms with Crippen LogP contribution in [-0.2, 0) is 18.4 Å². The Hall–Kier alpha value is -4.13. The van der Waals surface area contributed by atoms with Gasteiger partial charge in [-0.25, -0.2) is 14.8 Å². The lowest BCUT2D eigenvalue weighted by molar-refractivity contribution is -0.192. The van der Waals surface area contributed by atoms with Crippen molar-refractivity contribution in [2.45, 2.75) is 12.7 Å². The zero-order valence-corrected chi connectivity index (χ0v) is 20.3. The molecule has 0 spiro atoms. The van der Waals surface area contributed by atoms with Gasteiger partial charge in [-0.15, -0.1) is 0 Å². The third kappa shape index (κ3) is 6.17. The van der Waals surface area contributed by atoms with Crippen LogP contribution >= 0.6 is 0 Å². The van der Waals surface area contributed by atoms with E-state index >= 15 is 0 Å². The number of fused-ring (bicyclic) bond motifs is 1. The fourth-order valence-corrected chi connectivity index (χ4v) is 4.00. The molecule has 4 aromatic rings. The first-order valence-corrected chi connectivity index (χ1v) is 11.4.